The number of nitrogens with zero attached hydrogens (tertiary/aromatic N) is 2. The smallest absolute Gasteiger partial charge is 0.326 e. The van der Waals surface area contributed by atoms with Crippen LogP contribution >= 0.6 is 0 Å². The van der Waals surface area contributed by atoms with Crippen LogP contribution in [-0.2, 0) is 14.4 Å². The molecule has 7 heteroatoms. The van der Waals surface area contributed by atoms with Crippen molar-refractivity contribution in [2.45, 2.75) is 38.8 Å². The molecule has 0 spiro atoms. The molecule has 2 amide bonds. The molecule has 0 aromatic carbocycles. The van der Waals surface area contributed by atoms with Crippen LogP contribution in [0.2, 0.25) is 0 Å². The molecule has 0 aliphatic carbocycles. The van der Waals surface area contributed by atoms with E-state index in [2.05, 4.69) is 10.3 Å². The summed E-state index contributed by atoms with van der Waals surface area (Å²) in [4.78, 5) is 41.2. The Balaban J connectivity index is 2.29. The predicted molar refractivity (Wildman–Crippen MR) is 80.0 cm³/mol. The average Bonchev–Trinajstić information content (AvgIpc) is 2.43. The van der Waals surface area contributed by atoms with Crippen LogP contribution in [0.15, 0.2) is 29.4 Å². The van der Waals surface area contributed by atoms with Crippen LogP contribution in [0, 0.1) is 5.92 Å². The van der Waals surface area contributed by atoms with Crippen LogP contribution in [0.5, 0.6) is 0 Å². The highest BCUT2D eigenvalue weighted by Gasteiger charge is 2.46. The van der Waals surface area contributed by atoms with Gasteiger partial charge in [-0.05, 0) is 25.0 Å². The topological polar surface area (TPSA) is 99.1 Å². The number of aliphatic carboxylic acids is 1. The maximum absolute atomic E-state index is 12.7. The third kappa shape index (κ3) is 2.79. The summed E-state index contributed by atoms with van der Waals surface area (Å²) in [7, 11) is 0. The summed E-state index contributed by atoms with van der Waals surface area (Å²) in [5.74, 6) is -1.89. The lowest BCUT2D eigenvalue weighted by Crippen LogP contribution is -2.62. The third-order valence-electron chi connectivity index (χ3n) is 3.81. The van der Waals surface area contributed by atoms with Crippen molar-refractivity contribution >= 4 is 23.6 Å². The normalized spacial score (nSPS) is 24.8. The van der Waals surface area contributed by atoms with Gasteiger partial charge in [-0.1, -0.05) is 19.9 Å². The molecule has 2 unspecified atom stereocenters. The quantitative estimate of drug-likeness (QED) is 0.796. The largest absolute Gasteiger partial charge is 0.480 e. The number of hydrogen-bond acceptors (Lipinski definition) is 4. The van der Waals surface area contributed by atoms with Crippen molar-refractivity contribution < 1.29 is 19.5 Å². The molecule has 2 rings (SSSR count). The second kappa shape index (κ2) is 5.75. The summed E-state index contributed by atoms with van der Waals surface area (Å²) in [6.45, 7) is 5.03. The van der Waals surface area contributed by atoms with Gasteiger partial charge in [0, 0.05) is 6.20 Å². The molecule has 2 aliphatic heterocycles. The van der Waals surface area contributed by atoms with Gasteiger partial charge in [-0.15, -0.1) is 0 Å². The molecule has 2 aliphatic rings. The van der Waals surface area contributed by atoms with E-state index < -0.39 is 29.4 Å². The van der Waals surface area contributed by atoms with Gasteiger partial charge < -0.3 is 15.3 Å². The fourth-order valence-electron chi connectivity index (χ4n) is 2.49. The van der Waals surface area contributed by atoms with Crippen LogP contribution in [-0.4, -0.2) is 45.2 Å². The van der Waals surface area contributed by atoms with E-state index >= 15 is 0 Å². The van der Waals surface area contributed by atoms with Gasteiger partial charge in [0.1, 0.15) is 17.4 Å². The highest BCUT2D eigenvalue weighted by molar-refractivity contribution is 6.09. The zero-order valence-corrected chi connectivity index (χ0v) is 12.7. The van der Waals surface area contributed by atoms with E-state index in [-0.39, 0.29) is 12.3 Å². The standard InChI is InChI=1S/C15H19N3O4/c1-9(2)12(13(20)21)17-14(22)15(3)8-11(19)16-10-6-4-5-7-18(10)15/h4-7,9,12H,8H2,1-3H3,(H,17,22)(H,20,21). The van der Waals surface area contributed by atoms with E-state index in [4.69, 9.17) is 0 Å². The minimum Gasteiger partial charge on any atom is -0.480 e. The number of carboxylic acids is 1. The highest BCUT2D eigenvalue weighted by Crippen LogP contribution is 2.28. The number of carbonyl (C=O) groups is 3. The molecule has 118 valence electrons. The van der Waals surface area contributed by atoms with E-state index in [0.717, 1.165) is 0 Å². The first-order valence-electron chi connectivity index (χ1n) is 7.05. The number of carbonyl (C=O) groups excluding carboxylic acids is 2. The van der Waals surface area contributed by atoms with Crippen LogP contribution in [0.3, 0.4) is 0 Å². The fraction of sp³-hybridized carbons (Fsp3) is 0.467. The van der Waals surface area contributed by atoms with Crippen molar-refractivity contribution in [1.29, 1.82) is 0 Å². The number of hydrogen-bond donors (Lipinski definition) is 2. The average molecular weight is 305 g/mol. The Kier molecular flexibility index (Phi) is 4.16. The number of fused-ring (bicyclic) bond motifs is 1. The van der Waals surface area contributed by atoms with Crippen molar-refractivity contribution in [2.75, 3.05) is 0 Å². The Hall–Kier alpha value is -2.44. The second-order valence-corrected chi connectivity index (χ2v) is 5.92. The zero-order valence-electron chi connectivity index (χ0n) is 12.7. The summed E-state index contributed by atoms with van der Waals surface area (Å²) in [5, 5.41) is 11.7. The van der Waals surface area contributed by atoms with Gasteiger partial charge in [-0.3, -0.25) is 9.59 Å². The number of nitrogens with one attached hydrogen (secondary N) is 1. The van der Waals surface area contributed by atoms with Crippen LogP contribution < -0.4 is 5.32 Å². The number of amides is 2. The van der Waals surface area contributed by atoms with Gasteiger partial charge in [0.2, 0.25) is 5.91 Å². The molecule has 7 nitrogen and oxygen atoms in total. The lowest BCUT2D eigenvalue weighted by molar-refractivity contribution is -0.145. The van der Waals surface area contributed by atoms with Gasteiger partial charge in [0.25, 0.3) is 5.91 Å². The third-order valence-corrected chi connectivity index (χ3v) is 3.81. The molecule has 0 aromatic rings. The van der Waals surface area contributed by atoms with Crippen molar-refractivity contribution in [3.8, 4) is 0 Å². The molecule has 0 radical (unpaired) electrons. The van der Waals surface area contributed by atoms with Crippen molar-refractivity contribution in [1.82, 2.24) is 10.2 Å². The van der Waals surface area contributed by atoms with Gasteiger partial charge >= 0.3 is 5.97 Å². The number of rotatable bonds is 4. The Labute approximate surface area is 128 Å². The summed E-state index contributed by atoms with van der Waals surface area (Å²) in [6, 6.07) is -1.01. The lowest BCUT2D eigenvalue weighted by atomic mass is 9.90. The van der Waals surface area contributed by atoms with E-state index in [1.807, 2.05) is 0 Å². The molecular weight excluding hydrogens is 286 g/mol. The molecule has 0 aromatic heterocycles. The van der Waals surface area contributed by atoms with Gasteiger partial charge in [-0.2, -0.15) is 4.99 Å². The summed E-state index contributed by atoms with van der Waals surface area (Å²) in [6.07, 6.45) is 6.65. The maximum atomic E-state index is 12.7. The predicted octanol–water partition coefficient (Wildman–Crippen LogP) is 0.685. The molecule has 0 saturated heterocycles. The summed E-state index contributed by atoms with van der Waals surface area (Å²) >= 11 is 0. The molecule has 2 heterocycles. The molecule has 0 fully saturated rings. The van der Waals surface area contributed by atoms with Crippen molar-refractivity contribution in [3.05, 3.63) is 24.4 Å². The van der Waals surface area contributed by atoms with E-state index in [1.165, 1.54) is 0 Å². The van der Waals surface area contributed by atoms with Crippen molar-refractivity contribution in [2.24, 2.45) is 10.9 Å². The lowest BCUT2D eigenvalue weighted by Gasteiger charge is -2.42. The number of carboxylic acid groups (broad SMARTS) is 1. The van der Waals surface area contributed by atoms with Crippen LogP contribution in [0.1, 0.15) is 27.2 Å². The summed E-state index contributed by atoms with van der Waals surface area (Å²) in [5.41, 5.74) is -1.20. The van der Waals surface area contributed by atoms with E-state index in [1.54, 1.807) is 50.1 Å². The molecule has 22 heavy (non-hydrogen) atoms. The van der Waals surface area contributed by atoms with Gasteiger partial charge in [0.05, 0.1) is 6.42 Å². The minimum atomic E-state index is -1.20. The Morgan fingerprint density at radius 1 is 1.41 bits per heavy atom. The second-order valence-electron chi connectivity index (χ2n) is 5.92. The molecule has 2 N–H and O–H groups in total. The zero-order chi connectivity index (χ0) is 16.5. The Morgan fingerprint density at radius 3 is 2.68 bits per heavy atom. The van der Waals surface area contributed by atoms with E-state index in [9.17, 15) is 19.5 Å². The van der Waals surface area contributed by atoms with Gasteiger partial charge in [-0.25, -0.2) is 4.79 Å². The summed E-state index contributed by atoms with van der Waals surface area (Å²) < 4.78 is 0. The Morgan fingerprint density at radius 2 is 2.09 bits per heavy atom. The first-order valence-corrected chi connectivity index (χ1v) is 7.05. The fourth-order valence-corrected chi connectivity index (χ4v) is 2.49. The molecular formula is C15H19N3O4. The van der Waals surface area contributed by atoms with Crippen LogP contribution in [0.25, 0.3) is 0 Å². The number of amidine groups is 1. The minimum absolute atomic E-state index is 0.106. The van der Waals surface area contributed by atoms with E-state index in [0.29, 0.717) is 5.84 Å². The number of allylic oxidation sites excluding steroid dienone is 2. The molecule has 2 atom stereocenters. The Bertz CT molecular complexity index is 606. The first-order chi connectivity index (χ1) is 10.3. The first kappa shape index (κ1) is 15.9. The maximum Gasteiger partial charge on any atom is 0.326 e. The van der Waals surface area contributed by atoms with Crippen molar-refractivity contribution in [3.63, 3.8) is 0 Å². The molecule has 0 bridgehead atoms. The number of aliphatic imine (C=N–C) groups is 1. The van der Waals surface area contributed by atoms with Gasteiger partial charge in [0.15, 0.2) is 0 Å². The SMILES string of the molecule is CC(C)C(NC(=O)C1(C)CC(=O)N=C2C=CC=CN21)C(=O)O. The van der Waals surface area contributed by atoms with Crippen LogP contribution in [0.4, 0.5) is 0 Å². The highest BCUT2D eigenvalue weighted by atomic mass is 16.4. The monoisotopic (exact) mass is 305 g/mol. The molecule has 0 saturated carbocycles.